The van der Waals surface area contributed by atoms with Crippen molar-refractivity contribution in [1.29, 1.82) is 0 Å². The number of rotatable bonds is 11. The second-order valence-corrected chi connectivity index (χ2v) is 4.62. The van der Waals surface area contributed by atoms with E-state index in [4.69, 9.17) is 15.2 Å². The highest BCUT2D eigenvalue weighted by Gasteiger charge is 2.20. The maximum Gasteiger partial charge on any atom is 0.0591 e. The molecule has 1 saturated carbocycles. The van der Waals surface area contributed by atoms with E-state index in [0.29, 0.717) is 0 Å². The molecule has 1 fully saturated rings. The highest BCUT2D eigenvalue weighted by Crippen LogP contribution is 2.28. The van der Waals surface area contributed by atoms with Gasteiger partial charge in [-0.2, -0.15) is 0 Å². The van der Waals surface area contributed by atoms with Gasteiger partial charge in [-0.3, -0.25) is 0 Å². The van der Waals surface area contributed by atoms with Crippen molar-refractivity contribution >= 4 is 0 Å². The molecule has 4 nitrogen and oxygen atoms in total. The van der Waals surface area contributed by atoms with Crippen molar-refractivity contribution in [2.75, 3.05) is 40.0 Å². The third-order valence-electron chi connectivity index (χ3n) is 2.80. The Morgan fingerprint density at radius 2 is 2.19 bits per heavy atom. The molecule has 96 valence electrons. The summed E-state index contributed by atoms with van der Waals surface area (Å²) in [5, 5.41) is 3.32. The molecule has 0 aliphatic heterocycles. The van der Waals surface area contributed by atoms with Crippen LogP contribution in [0.2, 0.25) is 0 Å². The van der Waals surface area contributed by atoms with Crippen LogP contribution in [0, 0.1) is 5.92 Å². The van der Waals surface area contributed by atoms with E-state index in [1.807, 2.05) is 0 Å². The molecule has 0 saturated heterocycles. The molecule has 0 aromatic heterocycles. The van der Waals surface area contributed by atoms with Crippen LogP contribution < -0.4 is 11.1 Å². The van der Waals surface area contributed by atoms with Gasteiger partial charge in [0.05, 0.1) is 6.61 Å². The van der Waals surface area contributed by atoms with Crippen LogP contribution in [0.1, 0.15) is 25.7 Å². The molecule has 16 heavy (non-hydrogen) atoms. The van der Waals surface area contributed by atoms with Crippen LogP contribution in [0.4, 0.5) is 0 Å². The molecule has 1 aliphatic carbocycles. The summed E-state index contributed by atoms with van der Waals surface area (Å²) < 4.78 is 10.5. The summed E-state index contributed by atoms with van der Waals surface area (Å²) in [6.07, 6.45) is 4.77. The van der Waals surface area contributed by atoms with E-state index in [1.165, 1.54) is 12.8 Å². The lowest BCUT2D eigenvalue weighted by Crippen LogP contribution is -2.35. The molecular formula is C12H26N2O2. The fourth-order valence-electron chi connectivity index (χ4n) is 1.56. The lowest BCUT2D eigenvalue weighted by atomic mass is 10.2. The smallest absolute Gasteiger partial charge is 0.0591 e. The SMILES string of the molecule is COCCCC(N)CNCCOCC1CC1. The fourth-order valence-corrected chi connectivity index (χ4v) is 1.56. The molecule has 0 amide bonds. The maximum atomic E-state index is 5.93. The summed E-state index contributed by atoms with van der Waals surface area (Å²) in [6, 6.07) is 0.235. The Bertz CT molecular complexity index is 163. The van der Waals surface area contributed by atoms with E-state index >= 15 is 0 Å². The van der Waals surface area contributed by atoms with Crippen molar-refractivity contribution in [2.24, 2.45) is 11.7 Å². The second-order valence-electron chi connectivity index (χ2n) is 4.62. The first kappa shape index (κ1) is 13.9. The molecule has 1 atom stereocenters. The van der Waals surface area contributed by atoms with Crippen molar-refractivity contribution in [3.05, 3.63) is 0 Å². The van der Waals surface area contributed by atoms with Gasteiger partial charge in [-0.1, -0.05) is 0 Å². The molecular weight excluding hydrogens is 204 g/mol. The Labute approximate surface area is 98.9 Å². The van der Waals surface area contributed by atoms with E-state index < -0.39 is 0 Å². The Kier molecular flexibility index (Phi) is 7.76. The monoisotopic (exact) mass is 230 g/mol. The van der Waals surface area contributed by atoms with E-state index in [2.05, 4.69) is 5.32 Å². The Hall–Kier alpha value is -0.160. The van der Waals surface area contributed by atoms with Crippen molar-refractivity contribution in [3.63, 3.8) is 0 Å². The van der Waals surface area contributed by atoms with Crippen LogP contribution in [0.3, 0.4) is 0 Å². The minimum absolute atomic E-state index is 0.235. The largest absolute Gasteiger partial charge is 0.385 e. The summed E-state index contributed by atoms with van der Waals surface area (Å²) in [4.78, 5) is 0. The van der Waals surface area contributed by atoms with E-state index in [1.54, 1.807) is 7.11 Å². The summed E-state index contributed by atoms with van der Waals surface area (Å²) in [6.45, 7) is 4.34. The van der Waals surface area contributed by atoms with Gasteiger partial charge in [-0.25, -0.2) is 0 Å². The van der Waals surface area contributed by atoms with Crippen LogP contribution in [0.25, 0.3) is 0 Å². The molecule has 0 aromatic rings. The zero-order valence-corrected chi connectivity index (χ0v) is 10.4. The second kappa shape index (κ2) is 8.93. The van der Waals surface area contributed by atoms with Gasteiger partial charge in [0.25, 0.3) is 0 Å². The lowest BCUT2D eigenvalue weighted by Gasteiger charge is -2.12. The fraction of sp³-hybridized carbons (Fsp3) is 1.00. The highest BCUT2D eigenvalue weighted by atomic mass is 16.5. The number of hydrogen-bond acceptors (Lipinski definition) is 4. The van der Waals surface area contributed by atoms with Crippen molar-refractivity contribution in [3.8, 4) is 0 Å². The first-order chi connectivity index (χ1) is 7.83. The Balaban J connectivity index is 1.74. The quantitative estimate of drug-likeness (QED) is 0.514. The minimum atomic E-state index is 0.235. The average molecular weight is 230 g/mol. The third kappa shape index (κ3) is 8.05. The van der Waals surface area contributed by atoms with Crippen LogP contribution in [-0.2, 0) is 9.47 Å². The Morgan fingerprint density at radius 3 is 2.88 bits per heavy atom. The molecule has 0 bridgehead atoms. The third-order valence-corrected chi connectivity index (χ3v) is 2.80. The molecule has 3 N–H and O–H groups in total. The van der Waals surface area contributed by atoms with E-state index in [0.717, 1.165) is 51.7 Å². The normalized spacial score (nSPS) is 17.6. The number of ether oxygens (including phenoxy) is 2. The van der Waals surface area contributed by atoms with Crippen molar-refractivity contribution in [1.82, 2.24) is 5.32 Å². The maximum absolute atomic E-state index is 5.93. The molecule has 0 radical (unpaired) electrons. The van der Waals surface area contributed by atoms with Gasteiger partial charge < -0.3 is 20.5 Å². The molecule has 1 rings (SSSR count). The Morgan fingerprint density at radius 1 is 1.38 bits per heavy atom. The molecule has 0 spiro atoms. The van der Waals surface area contributed by atoms with E-state index in [9.17, 15) is 0 Å². The first-order valence-electron chi connectivity index (χ1n) is 6.36. The predicted octanol–water partition coefficient (Wildman–Crippen LogP) is 0.757. The summed E-state index contributed by atoms with van der Waals surface area (Å²) in [5.41, 5.74) is 5.93. The molecule has 1 unspecified atom stereocenters. The zero-order chi connectivity index (χ0) is 11.6. The van der Waals surface area contributed by atoms with Gasteiger partial charge in [-0.05, 0) is 31.6 Å². The van der Waals surface area contributed by atoms with Gasteiger partial charge in [0.2, 0.25) is 0 Å². The average Bonchev–Trinajstić information content (AvgIpc) is 3.07. The zero-order valence-electron chi connectivity index (χ0n) is 10.4. The number of hydrogen-bond donors (Lipinski definition) is 2. The predicted molar refractivity (Wildman–Crippen MR) is 65.5 cm³/mol. The van der Waals surface area contributed by atoms with Gasteiger partial charge in [0, 0.05) is 39.5 Å². The summed E-state index contributed by atoms with van der Waals surface area (Å²) in [5.74, 6) is 0.858. The topological polar surface area (TPSA) is 56.5 Å². The molecule has 4 heteroatoms. The molecule has 1 aliphatic rings. The summed E-state index contributed by atoms with van der Waals surface area (Å²) in [7, 11) is 1.72. The van der Waals surface area contributed by atoms with Crippen LogP contribution >= 0.6 is 0 Å². The standard InChI is InChI=1S/C12H26N2O2/c1-15-7-2-3-12(13)9-14-6-8-16-10-11-4-5-11/h11-12,14H,2-10,13H2,1H3. The van der Waals surface area contributed by atoms with Crippen LogP contribution in [-0.4, -0.2) is 46.1 Å². The van der Waals surface area contributed by atoms with E-state index in [-0.39, 0.29) is 6.04 Å². The minimum Gasteiger partial charge on any atom is -0.385 e. The van der Waals surface area contributed by atoms with Gasteiger partial charge in [0.1, 0.15) is 0 Å². The lowest BCUT2D eigenvalue weighted by molar-refractivity contribution is 0.126. The van der Waals surface area contributed by atoms with Crippen molar-refractivity contribution < 1.29 is 9.47 Å². The number of nitrogens with two attached hydrogens (primary N) is 1. The van der Waals surface area contributed by atoms with Crippen molar-refractivity contribution in [2.45, 2.75) is 31.7 Å². The number of methoxy groups -OCH3 is 1. The highest BCUT2D eigenvalue weighted by molar-refractivity contribution is 4.72. The van der Waals surface area contributed by atoms with Gasteiger partial charge in [-0.15, -0.1) is 0 Å². The van der Waals surface area contributed by atoms with Gasteiger partial charge in [0.15, 0.2) is 0 Å². The molecule has 0 aromatic carbocycles. The molecule has 0 heterocycles. The first-order valence-corrected chi connectivity index (χ1v) is 6.36. The summed E-state index contributed by atoms with van der Waals surface area (Å²) >= 11 is 0. The van der Waals surface area contributed by atoms with Crippen LogP contribution in [0.5, 0.6) is 0 Å². The van der Waals surface area contributed by atoms with Gasteiger partial charge >= 0.3 is 0 Å². The number of nitrogens with one attached hydrogen (secondary N) is 1. The van der Waals surface area contributed by atoms with Crippen LogP contribution in [0.15, 0.2) is 0 Å².